The van der Waals surface area contributed by atoms with Gasteiger partial charge in [0, 0.05) is 11.9 Å². The van der Waals surface area contributed by atoms with E-state index in [1.54, 1.807) is 23.5 Å². The maximum Gasteiger partial charge on any atom is 0.238 e. The van der Waals surface area contributed by atoms with Gasteiger partial charge in [-0.1, -0.05) is 30.3 Å². The van der Waals surface area contributed by atoms with Gasteiger partial charge in [0.25, 0.3) is 0 Å². The van der Waals surface area contributed by atoms with Crippen LogP contribution in [0.15, 0.2) is 70.9 Å². The van der Waals surface area contributed by atoms with E-state index >= 15 is 0 Å². The Labute approximate surface area is 160 Å². The van der Waals surface area contributed by atoms with Crippen LogP contribution in [-0.4, -0.2) is 18.4 Å². The summed E-state index contributed by atoms with van der Waals surface area (Å²) in [4.78, 5) is 10.4. The third kappa shape index (κ3) is 3.82. The summed E-state index contributed by atoms with van der Waals surface area (Å²) >= 11 is 1.59. The summed E-state index contributed by atoms with van der Waals surface area (Å²) in [7, 11) is -3.69. The first-order chi connectivity index (χ1) is 13.0. The van der Waals surface area contributed by atoms with E-state index in [-0.39, 0.29) is 4.90 Å². The van der Waals surface area contributed by atoms with Crippen molar-refractivity contribution in [3.8, 4) is 10.7 Å². The lowest BCUT2D eigenvalue weighted by Crippen LogP contribution is -2.12. The lowest BCUT2D eigenvalue weighted by Gasteiger charge is -2.11. The fourth-order valence-electron chi connectivity index (χ4n) is 2.71. The summed E-state index contributed by atoms with van der Waals surface area (Å²) in [5.41, 5.74) is 1.78. The van der Waals surface area contributed by atoms with E-state index in [4.69, 9.17) is 5.14 Å². The summed E-state index contributed by atoms with van der Waals surface area (Å²) in [5.74, 6) is 1.41. The van der Waals surface area contributed by atoms with Gasteiger partial charge in [0.2, 0.25) is 10.0 Å². The number of nitrogens with one attached hydrogen (secondary N) is 1. The van der Waals surface area contributed by atoms with Crippen LogP contribution in [0, 0.1) is 0 Å². The lowest BCUT2D eigenvalue weighted by molar-refractivity contribution is 0.598. The second-order valence-corrected chi connectivity index (χ2v) is 8.44. The van der Waals surface area contributed by atoms with Gasteiger partial charge < -0.3 is 5.32 Å². The number of primary sulfonamides is 1. The van der Waals surface area contributed by atoms with Crippen LogP contribution in [-0.2, 0) is 16.6 Å². The molecule has 0 aliphatic heterocycles. The van der Waals surface area contributed by atoms with Gasteiger partial charge in [-0.15, -0.1) is 11.3 Å². The van der Waals surface area contributed by atoms with Crippen LogP contribution < -0.4 is 10.5 Å². The average Bonchev–Trinajstić information content (AvgIpc) is 3.20. The number of rotatable bonds is 5. The van der Waals surface area contributed by atoms with Gasteiger partial charge in [-0.05, 0) is 41.3 Å². The van der Waals surface area contributed by atoms with Gasteiger partial charge in [0.05, 0.1) is 15.3 Å². The topological polar surface area (TPSA) is 98.0 Å². The number of hydrogen-bond acceptors (Lipinski definition) is 6. The number of nitrogens with two attached hydrogens (primary N) is 1. The fraction of sp³-hybridized carbons (Fsp3) is 0.0526. The van der Waals surface area contributed by atoms with Crippen LogP contribution in [0.25, 0.3) is 21.6 Å². The molecule has 0 spiro atoms. The molecular weight excluding hydrogens is 380 g/mol. The Bertz CT molecular complexity index is 1190. The molecule has 0 amide bonds. The molecule has 0 saturated carbocycles. The highest BCUT2D eigenvalue weighted by molar-refractivity contribution is 7.89. The zero-order valence-electron chi connectivity index (χ0n) is 14.2. The molecule has 0 aliphatic carbocycles. The van der Waals surface area contributed by atoms with Crippen LogP contribution in [0.3, 0.4) is 0 Å². The number of fused-ring (bicyclic) bond motifs is 1. The molecule has 0 radical (unpaired) electrons. The number of benzene rings is 2. The minimum absolute atomic E-state index is 0.0960. The van der Waals surface area contributed by atoms with Crippen molar-refractivity contribution in [2.75, 3.05) is 5.32 Å². The van der Waals surface area contributed by atoms with Crippen LogP contribution in [0.4, 0.5) is 5.82 Å². The van der Waals surface area contributed by atoms with Crippen molar-refractivity contribution in [2.45, 2.75) is 11.4 Å². The van der Waals surface area contributed by atoms with Crippen molar-refractivity contribution in [2.24, 2.45) is 5.14 Å². The normalized spacial score (nSPS) is 11.6. The summed E-state index contributed by atoms with van der Waals surface area (Å²) in [5, 5.41) is 11.4. The van der Waals surface area contributed by atoms with Crippen LogP contribution in [0.1, 0.15) is 5.56 Å². The van der Waals surface area contributed by atoms with Crippen molar-refractivity contribution in [3.05, 3.63) is 71.6 Å². The maximum atomic E-state index is 11.4. The molecule has 2 aromatic carbocycles. The zero-order chi connectivity index (χ0) is 18.9. The standard InChI is InChI=1S/C19H16N4O2S2/c20-27(24,25)14-9-7-13(8-10-14)12-21-18-15-4-1-2-5-16(15)22-19(23-18)17-6-3-11-26-17/h1-11H,12H2,(H2,20,24,25)(H,21,22,23). The molecule has 27 heavy (non-hydrogen) atoms. The van der Waals surface area contributed by atoms with E-state index in [1.807, 2.05) is 41.8 Å². The van der Waals surface area contributed by atoms with E-state index in [0.29, 0.717) is 12.4 Å². The second-order valence-electron chi connectivity index (χ2n) is 5.93. The smallest absolute Gasteiger partial charge is 0.238 e. The molecule has 0 atom stereocenters. The number of nitrogens with zero attached hydrogens (tertiary/aromatic N) is 2. The minimum Gasteiger partial charge on any atom is -0.365 e. The van der Waals surface area contributed by atoms with E-state index in [1.165, 1.54) is 12.1 Å². The predicted octanol–water partition coefficient (Wildman–Crippen LogP) is 3.62. The maximum absolute atomic E-state index is 11.4. The first kappa shape index (κ1) is 17.6. The van der Waals surface area contributed by atoms with Crippen molar-refractivity contribution in [1.82, 2.24) is 9.97 Å². The largest absolute Gasteiger partial charge is 0.365 e. The molecular formula is C19H16N4O2S2. The molecule has 2 aromatic heterocycles. The first-order valence-corrected chi connectivity index (χ1v) is 10.6. The molecule has 6 nitrogen and oxygen atoms in total. The Morgan fingerprint density at radius 3 is 2.44 bits per heavy atom. The van der Waals surface area contributed by atoms with Gasteiger partial charge in [-0.2, -0.15) is 0 Å². The Morgan fingerprint density at radius 2 is 1.74 bits per heavy atom. The quantitative estimate of drug-likeness (QED) is 0.537. The number of aromatic nitrogens is 2. The van der Waals surface area contributed by atoms with Gasteiger partial charge in [0.15, 0.2) is 5.82 Å². The molecule has 3 N–H and O–H groups in total. The molecule has 0 fully saturated rings. The van der Waals surface area contributed by atoms with Crippen LogP contribution in [0.2, 0.25) is 0 Å². The number of sulfonamides is 1. The molecule has 0 saturated heterocycles. The number of thiophene rings is 1. The molecule has 0 bridgehead atoms. The highest BCUT2D eigenvalue weighted by atomic mass is 32.2. The van der Waals surface area contributed by atoms with E-state index in [2.05, 4.69) is 15.3 Å². The fourth-order valence-corrected chi connectivity index (χ4v) is 3.88. The SMILES string of the molecule is NS(=O)(=O)c1ccc(CNc2nc(-c3cccs3)nc3ccccc23)cc1. The minimum atomic E-state index is -3.69. The molecule has 0 aliphatic rings. The summed E-state index contributed by atoms with van der Waals surface area (Å²) in [6.45, 7) is 0.496. The highest BCUT2D eigenvalue weighted by Gasteiger charge is 2.11. The lowest BCUT2D eigenvalue weighted by atomic mass is 10.2. The molecule has 4 aromatic rings. The van der Waals surface area contributed by atoms with Gasteiger partial charge >= 0.3 is 0 Å². The number of anilines is 1. The first-order valence-electron chi connectivity index (χ1n) is 8.17. The number of hydrogen-bond donors (Lipinski definition) is 2. The van der Waals surface area contributed by atoms with Crippen LogP contribution >= 0.6 is 11.3 Å². The van der Waals surface area contributed by atoms with Gasteiger partial charge in [-0.25, -0.2) is 23.5 Å². The predicted molar refractivity (Wildman–Crippen MR) is 108 cm³/mol. The van der Waals surface area contributed by atoms with E-state index in [9.17, 15) is 8.42 Å². The zero-order valence-corrected chi connectivity index (χ0v) is 15.8. The molecule has 136 valence electrons. The molecule has 2 heterocycles. The van der Waals surface area contributed by atoms with Crippen molar-refractivity contribution in [3.63, 3.8) is 0 Å². The Balaban J connectivity index is 1.65. The van der Waals surface area contributed by atoms with Crippen molar-refractivity contribution < 1.29 is 8.42 Å². The Morgan fingerprint density at radius 1 is 0.963 bits per heavy atom. The van der Waals surface area contributed by atoms with E-state index < -0.39 is 10.0 Å². The van der Waals surface area contributed by atoms with Crippen molar-refractivity contribution >= 4 is 38.1 Å². The second kappa shape index (κ2) is 7.07. The summed E-state index contributed by atoms with van der Waals surface area (Å²) < 4.78 is 22.7. The van der Waals surface area contributed by atoms with Gasteiger partial charge in [-0.3, -0.25) is 0 Å². The Kier molecular flexibility index (Phi) is 4.61. The highest BCUT2D eigenvalue weighted by Crippen LogP contribution is 2.27. The third-order valence-corrected chi connectivity index (χ3v) is 5.85. The van der Waals surface area contributed by atoms with Crippen LogP contribution in [0.5, 0.6) is 0 Å². The van der Waals surface area contributed by atoms with Gasteiger partial charge in [0.1, 0.15) is 5.82 Å². The Hall–Kier alpha value is -2.81. The summed E-state index contributed by atoms with van der Waals surface area (Å²) in [6, 6.07) is 18.3. The molecule has 0 unspecified atom stereocenters. The molecule has 8 heteroatoms. The number of para-hydroxylation sites is 1. The monoisotopic (exact) mass is 396 g/mol. The summed E-state index contributed by atoms with van der Waals surface area (Å²) in [6.07, 6.45) is 0. The molecule has 4 rings (SSSR count). The average molecular weight is 396 g/mol. The van der Waals surface area contributed by atoms with Crippen molar-refractivity contribution in [1.29, 1.82) is 0 Å². The third-order valence-electron chi connectivity index (χ3n) is 4.06. The van der Waals surface area contributed by atoms with E-state index in [0.717, 1.165) is 27.2 Å².